The molecule has 0 aromatic carbocycles. The summed E-state index contributed by atoms with van der Waals surface area (Å²) in [5, 5.41) is 0.604. The minimum Gasteiger partial charge on any atom is -0.481 e. The molecule has 70 valence electrons. The Bertz CT molecular complexity index is 336. The molecular formula is C9H11ClN2O. The van der Waals surface area contributed by atoms with Crippen molar-refractivity contribution in [1.29, 1.82) is 0 Å². The lowest BCUT2D eigenvalue weighted by molar-refractivity contribution is 0.387. The van der Waals surface area contributed by atoms with Gasteiger partial charge in [-0.1, -0.05) is 11.6 Å². The smallest absolute Gasteiger partial charge is 0.218 e. The van der Waals surface area contributed by atoms with Gasteiger partial charge in [-0.2, -0.15) is 0 Å². The molecule has 0 radical (unpaired) electrons. The van der Waals surface area contributed by atoms with E-state index >= 15 is 0 Å². The van der Waals surface area contributed by atoms with Crippen LogP contribution in [0.1, 0.15) is 18.4 Å². The van der Waals surface area contributed by atoms with Crippen LogP contribution in [0.3, 0.4) is 0 Å². The fraction of sp³-hybridized carbons (Fsp3) is 0.444. The topological polar surface area (TPSA) is 48.1 Å². The highest BCUT2D eigenvalue weighted by Gasteiger charge is 2.42. The molecule has 0 spiro atoms. The lowest BCUT2D eigenvalue weighted by Crippen LogP contribution is -2.20. The second kappa shape index (κ2) is 2.86. The number of nitrogens with zero attached hydrogens (tertiary/aromatic N) is 1. The number of halogens is 1. The van der Waals surface area contributed by atoms with Crippen LogP contribution in [0.5, 0.6) is 5.88 Å². The zero-order valence-corrected chi connectivity index (χ0v) is 8.14. The maximum Gasteiger partial charge on any atom is 0.218 e. The molecule has 2 rings (SSSR count). The Morgan fingerprint density at radius 3 is 2.85 bits per heavy atom. The van der Waals surface area contributed by atoms with Gasteiger partial charge in [-0.3, -0.25) is 0 Å². The molecule has 4 heteroatoms. The molecule has 1 saturated carbocycles. The van der Waals surface area contributed by atoms with Crippen molar-refractivity contribution < 1.29 is 4.74 Å². The molecule has 0 aliphatic heterocycles. The first kappa shape index (κ1) is 8.78. The molecule has 0 amide bonds. The van der Waals surface area contributed by atoms with Gasteiger partial charge in [0.25, 0.3) is 0 Å². The summed E-state index contributed by atoms with van der Waals surface area (Å²) < 4.78 is 5.12. The van der Waals surface area contributed by atoms with Gasteiger partial charge in [0, 0.05) is 17.3 Å². The van der Waals surface area contributed by atoms with E-state index in [1.165, 1.54) is 0 Å². The summed E-state index contributed by atoms with van der Waals surface area (Å²) in [7, 11) is 1.59. The summed E-state index contributed by atoms with van der Waals surface area (Å²) in [5.41, 5.74) is 6.71. The summed E-state index contributed by atoms with van der Waals surface area (Å²) in [6.07, 6.45) is 3.52. The molecule has 0 saturated heterocycles. The van der Waals surface area contributed by atoms with Crippen LogP contribution in [0, 0.1) is 0 Å². The third-order valence-corrected chi connectivity index (χ3v) is 2.54. The van der Waals surface area contributed by atoms with Crippen LogP contribution < -0.4 is 10.5 Å². The number of methoxy groups -OCH3 is 1. The van der Waals surface area contributed by atoms with Crippen molar-refractivity contribution in [1.82, 2.24) is 4.98 Å². The van der Waals surface area contributed by atoms with E-state index in [-0.39, 0.29) is 5.54 Å². The summed E-state index contributed by atoms with van der Waals surface area (Å²) in [6, 6.07) is 1.83. The third-order valence-electron chi connectivity index (χ3n) is 2.34. The Labute approximate surface area is 81.9 Å². The maximum atomic E-state index is 6.03. The molecule has 0 bridgehead atoms. The van der Waals surface area contributed by atoms with Gasteiger partial charge >= 0.3 is 0 Å². The number of ether oxygens (including phenoxy) is 1. The van der Waals surface area contributed by atoms with Gasteiger partial charge in [0.2, 0.25) is 5.88 Å². The zero-order valence-electron chi connectivity index (χ0n) is 7.38. The number of pyridine rings is 1. The van der Waals surface area contributed by atoms with E-state index in [1.54, 1.807) is 13.3 Å². The van der Waals surface area contributed by atoms with E-state index in [4.69, 9.17) is 22.1 Å². The molecule has 3 nitrogen and oxygen atoms in total. The fourth-order valence-corrected chi connectivity index (χ4v) is 1.51. The predicted molar refractivity (Wildman–Crippen MR) is 50.9 cm³/mol. The molecule has 1 heterocycles. The minimum absolute atomic E-state index is 0.247. The van der Waals surface area contributed by atoms with Gasteiger partial charge in [-0.05, 0) is 18.9 Å². The lowest BCUT2D eigenvalue weighted by Gasteiger charge is -2.12. The van der Waals surface area contributed by atoms with Gasteiger partial charge in [-0.25, -0.2) is 4.98 Å². The van der Waals surface area contributed by atoms with Crippen molar-refractivity contribution >= 4 is 11.6 Å². The molecule has 0 atom stereocenters. The Morgan fingerprint density at radius 2 is 2.31 bits per heavy atom. The normalized spacial score (nSPS) is 18.4. The van der Waals surface area contributed by atoms with Crippen LogP contribution in [0.25, 0.3) is 0 Å². The number of rotatable bonds is 2. The maximum absolute atomic E-state index is 6.03. The average molecular weight is 199 g/mol. The number of aromatic nitrogens is 1. The van der Waals surface area contributed by atoms with Gasteiger partial charge < -0.3 is 10.5 Å². The minimum atomic E-state index is -0.247. The first-order chi connectivity index (χ1) is 6.15. The van der Waals surface area contributed by atoms with Crippen molar-refractivity contribution in [3.8, 4) is 5.88 Å². The zero-order chi connectivity index (χ0) is 9.47. The van der Waals surface area contributed by atoms with E-state index in [1.807, 2.05) is 6.07 Å². The highest BCUT2D eigenvalue weighted by Crippen LogP contribution is 2.46. The molecule has 1 fully saturated rings. The van der Waals surface area contributed by atoms with E-state index < -0.39 is 0 Å². The summed E-state index contributed by atoms with van der Waals surface area (Å²) >= 11 is 5.83. The van der Waals surface area contributed by atoms with Gasteiger partial charge in [0.15, 0.2) is 0 Å². The first-order valence-electron chi connectivity index (χ1n) is 4.14. The van der Waals surface area contributed by atoms with Crippen molar-refractivity contribution in [3.63, 3.8) is 0 Å². The van der Waals surface area contributed by atoms with Crippen LogP contribution in [-0.4, -0.2) is 12.1 Å². The lowest BCUT2D eigenvalue weighted by atomic mass is 10.1. The quantitative estimate of drug-likeness (QED) is 0.787. The van der Waals surface area contributed by atoms with E-state index in [0.717, 1.165) is 18.4 Å². The first-order valence-corrected chi connectivity index (χ1v) is 4.52. The van der Waals surface area contributed by atoms with E-state index in [2.05, 4.69) is 4.98 Å². The Balaban J connectivity index is 2.47. The molecule has 1 aromatic heterocycles. The molecule has 0 unspecified atom stereocenters. The molecule has 1 aliphatic carbocycles. The Kier molecular flexibility index (Phi) is 1.93. The number of hydrogen-bond acceptors (Lipinski definition) is 3. The molecule has 2 N–H and O–H groups in total. The second-order valence-corrected chi connectivity index (χ2v) is 3.80. The Hall–Kier alpha value is -0.800. The molecule has 1 aromatic rings. The average Bonchev–Trinajstić information content (AvgIpc) is 2.85. The van der Waals surface area contributed by atoms with Crippen molar-refractivity contribution in [2.24, 2.45) is 5.73 Å². The fourth-order valence-electron chi connectivity index (χ4n) is 1.35. The van der Waals surface area contributed by atoms with Crippen LogP contribution in [0.2, 0.25) is 5.02 Å². The standard InChI is InChI=1S/C9H11ClN2O/c1-13-8-7(9(11)2-3-9)4-6(10)5-12-8/h4-5H,2-3,11H2,1H3. The molecule has 1 aliphatic rings. The van der Waals surface area contributed by atoms with Crippen molar-refractivity contribution in [2.75, 3.05) is 7.11 Å². The van der Waals surface area contributed by atoms with Crippen molar-refractivity contribution in [2.45, 2.75) is 18.4 Å². The SMILES string of the molecule is COc1ncc(Cl)cc1C1(N)CC1. The number of hydrogen-bond donors (Lipinski definition) is 1. The van der Waals surface area contributed by atoms with Crippen LogP contribution in [0.4, 0.5) is 0 Å². The Morgan fingerprint density at radius 1 is 1.62 bits per heavy atom. The highest BCUT2D eigenvalue weighted by atomic mass is 35.5. The van der Waals surface area contributed by atoms with Crippen LogP contribution >= 0.6 is 11.6 Å². The molecular weight excluding hydrogens is 188 g/mol. The van der Waals surface area contributed by atoms with Gasteiger partial charge in [0.1, 0.15) is 0 Å². The van der Waals surface area contributed by atoms with Crippen LogP contribution in [0.15, 0.2) is 12.3 Å². The summed E-state index contributed by atoms with van der Waals surface area (Å²) in [4.78, 5) is 4.07. The summed E-state index contributed by atoms with van der Waals surface area (Å²) in [6.45, 7) is 0. The van der Waals surface area contributed by atoms with Crippen molar-refractivity contribution in [3.05, 3.63) is 22.8 Å². The van der Waals surface area contributed by atoms with E-state index in [9.17, 15) is 0 Å². The van der Waals surface area contributed by atoms with Gasteiger partial charge in [-0.15, -0.1) is 0 Å². The van der Waals surface area contributed by atoms with Crippen LogP contribution in [-0.2, 0) is 5.54 Å². The summed E-state index contributed by atoms with van der Waals surface area (Å²) in [5.74, 6) is 0.587. The second-order valence-electron chi connectivity index (χ2n) is 3.37. The third kappa shape index (κ3) is 1.49. The monoisotopic (exact) mass is 198 g/mol. The largest absolute Gasteiger partial charge is 0.481 e. The van der Waals surface area contributed by atoms with Gasteiger partial charge in [0.05, 0.1) is 12.1 Å². The molecule has 13 heavy (non-hydrogen) atoms. The van der Waals surface area contributed by atoms with E-state index in [0.29, 0.717) is 10.9 Å². The highest BCUT2D eigenvalue weighted by molar-refractivity contribution is 6.30. The number of nitrogens with two attached hydrogens (primary N) is 1. The predicted octanol–water partition coefficient (Wildman–Crippen LogP) is 1.69.